The van der Waals surface area contributed by atoms with E-state index in [0.29, 0.717) is 5.84 Å². The van der Waals surface area contributed by atoms with E-state index in [-0.39, 0.29) is 0 Å². The molecule has 4 heteroatoms. The molecule has 102 valence electrons. The molecule has 0 aliphatic heterocycles. The zero-order valence-electron chi connectivity index (χ0n) is 11.5. The number of allylic oxidation sites excluding steroid dienone is 2. The lowest BCUT2D eigenvalue weighted by Crippen LogP contribution is -2.27. The summed E-state index contributed by atoms with van der Waals surface area (Å²) in [6.07, 6.45) is 6.89. The quantitative estimate of drug-likeness (QED) is 0.445. The van der Waals surface area contributed by atoms with Gasteiger partial charge >= 0.3 is 0 Å². The molecule has 0 radical (unpaired) electrons. The van der Waals surface area contributed by atoms with Gasteiger partial charge in [0.15, 0.2) is 0 Å². The van der Waals surface area contributed by atoms with Gasteiger partial charge in [-0.05, 0) is 48.0 Å². The number of aliphatic imine (C=N–C) groups is 1. The third kappa shape index (κ3) is 4.48. The maximum absolute atomic E-state index is 5.79. The van der Waals surface area contributed by atoms with Gasteiger partial charge in [-0.1, -0.05) is 19.1 Å². The summed E-state index contributed by atoms with van der Waals surface area (Å²) < 4.78 is 0.870. The zero-order chi connectivity index (χ0) is 13.5. The van der Waals surface area contributed by atoms with Crippen LogP contribution in [-0.4, -0.2) is 30.9 Å². The molecule has 0 unspecified atom stereocenters. The van der Waals surface area contributed by atoms with E-state index in [1.807, 2.05) is 13.0 Å². The van der Waals surface area contributed by atoms with Crippen molar-refractivity contribution in [3.8, 4) is 0 Å². The van der Waals surface area contributed by atoms with Crippen molar-refractivity contribution in [2.45, 2.75) is 32.6 Å². The molecule has 0 amide bonds. The highest BCUT2D eigenvalue weighted by molar-refractivity contribution is 9.12. The lowest BCUT2D eigenvalue weighted by atomic mass is 9.83. The molecule has 0 spiro atoms. The Labute approximate surface area is 119 Å². The van der Waals surface area contributed by atoms with Crippen LogP contribution in [0.25, 0.3) is 0 Å². The van der Waals surface area contributed by atoms with Crippen LogP contribution in [0.5, 0.6) is 0 Å². The summed E-state index contributed by atoms with van der Waals surface area (Å²) in [4.78, 5) is 6.59. The number of halogens is 1. The van der Waals surface area contributed by atoms with Gasteiger partial charge in [0.1, 0.15) is 5.84 Å². The maximum Gasteiger partial charge on any atom is 0.132 e. The zero-order valence-corrected chi connectivity index (χ0v) is 13.0. The van der Waals surface area contributed by atoms with Gasteiger partial charge in [0.2, 0.25) is 0 Å². The molecular formula is C14H24BrN3. The Kier molecular flexibility index (Phi) is 6.47. The van der Waals surface area contributed by atoms with Gasteiger partial charge in [0, 0.05) is 25.8 Å². The highest BCUT2D eigenvalue weighted by atomic mass is 79.9. The van der Waals surface area contributed by atoms with Gasteiger partial charge in [0.25, 0.3) is 0 Å². The van der Waals surface area contributed by atoms with Gasteiger partial charge in [-0.2, -0.15) is 0 Å². The Balaban J connectivity index is 2.23. The molecule has 3 nitrogen and oxygen atoms in total. The van der Waals surface area contributed by atoms with E-state index >= 15 is 0 Å². The van der Waals surface area contributed by atoms with Crippen LogP contribution >= 0.6 is 15.9 Å². The molecular weight excluding hydrogens is 290 g/mol. The Morgan fingerprint density at radius 2 is 2.22 bits per heavy atom. The first-order valence-corrected chi connectivity index (χ1v) is 7.37. The van der Waals surface area contributed by atoms with Gasteiger partial charge in [0.05, 0.1) is 4.48 Å². The minimum absolute atomic E-state index is 0.581. The minimum Gasteiger partial charge on any atom is -0.383 e. The SMILES string of the molecule is C=C(C1CCC1)N(C)CCCN=C(N)/C(Br)=C\C. The van der Waals surface area contributed by atoms with Crippen molar-refractivity contribution in [3.63, 3.8) is 0 Å². The lowest BCUT2D eigenvalue weighted by molar-refractivity contribution is 0.274. The van der Waals surface area contributed by atoms with E-state index in [0.717, 1.165) is 29.9 Å². The fraction of sp³-hybridized carbons (Fsp3) is 0.643. The van der Waals surface area contributed by atoms with Crippen LogP contribution in [0, 0.1) is 5.92 Å². The molecule has 0 aromatic heterocycles. The average molecular weight is 314 g/mol. The van der Waals surface area contributed by atoms with E-state index < -0.39 is 0 Å². The minimum atomic E-state index is 0.581. The fourth-order valence-corrected chi connectivity index (χ4v) is 2.05. The summed E-state index contributed by atoms with van der Waals surface area (Å²) >= 11 is 3.36. The van der Waals surface area contributed by atoms with Gasteiger partial charge < -0.3 is 10.6 Å². The molecule has 1 aliphatic carbocycles. The van der Waals surface area contributed by atoms with Crippen LogP contribution in [0.15, 0.2) is 27.8 Å². The van der Waals surface area contributed by atoms with Crippen molar-refractivity contribution < 1.29 is 0 Å². The van der Waals surface area contributed by atoms with Crippen LogP contribution in [0.4, 0.5) is 0 Å². The molecule has 2 N–H and O–H groups in total. The molecule has 1 fully saturated rings. The van der Waals surface area contributed by atoms with E-state index in [9.17, 15) is 0 Å². The number of nitrogens with two attached hydrogens (primary N) is 1. The second-order valence-electron chi connectivity index (χ2n) is 4.80. The van der Waals surface area contributed by atoms with Crippen LogP contribution in [0.3, 0.4) is 0 Å². The topological polar surface area (TPSA) is 41.6 Å². The third-order valence-corrected chi connectivity index (χ3v) is 4.36. The highest BCUT2D eigenvalue weighted by Gasteiger charge is 2.22. The van der Waals surface area contributed by atoms with Crippen LogP contribution in [-0.2, 0) is 0 Å². The van der Waals surface area contributed by atoms with Crippen LogP contribution in [0.1, 0.15) is 32.6 Å². The molecule has 0 atom stereocenters. The summed E-state index contributed by atoms with van der Waals surface area (Å²) in [5.74, 6) is 1.30. The number of amidine groups is 1. The lowest BCUT2D eigenvalue weighted by Gasteiger charge is -2.33. The third-order valence-electron chi connectivity index (χ3n) is 3.50. The Morgan fingerprint density at radius 1 is 1.56 bits per heavy atom. The molecule has 0 saturated heterocycles. The summed E-state index contributed by atoms with van der Waals surface area (Å²) in [6.45, 7) is 7.87. The normalized spacial score (nSPS) is 17.5. The van der Waals surface area contributed by atoms with Crippen LogP contribution < -0.4 is 5.73 Å². The first-order chi connectivity index (χ1) is 8.56. The monoisotopic (exact) mass is 313 g/mol. The molecule has 0 aromatic rings. The first-order valence-electron chi connectivity index (χ1n) is 6.58. The second kappa shape index (κ2) is 7.62. The van der Waals surface area contributed by atoms with E-state index in [1.165, 1.54) is 25.0 Å². The number of hydrogen-bond acceptors (Lipinski definition) is 2. The molecule has 1 rings (SSSR count). The molecule has 18 heavy (non-hydrogen) atoms. The van der Waals surface area contributed by atoms with Crippen molar-refractivity contribution in [1.82, 2.24) is 4.90 Å². The molecule has 0 heterocycles. The average Bonchev–Trinajstić information content (AvgIpc) is 2.30. The number of nitrogens with zero attached hydrogens (tertiary/aromatic N) is 2. The van der Waals surface area contributed by atoms with E-state index in [2.05, 4.69) is 39.4 Å². The van der Waals surface area contributed by atoms with Gasteiger partial charge in [-0.25, -0.2) is 0 Å². The van der Waals surface area contributed by atoms with Crippen molar-refractivity contribution in [2.24, 2.45) is 16.6 Å². The van der Waals surface area contributed by atoms with Crippen molar-refractivity contribution in [2.75, 3.05) is 20.1 Å². The smallest absolute Gasteiger partial charge is 0.132 e. The number of rotatable bonds is 7. The Bertz CT molecular complexity index is 343. The van der Waals surface area contributed by atoms with Crippen molar-refractivity contribution in [1.29, 1.82) is 0 Å². The highest BCUT2D eigenvalue weighted by Crippen LogP contribution is 2.33. The summed E-state index contributed by atoms with van der Waals surface area (Å²) in [6, 6.07) is 0. The number of hydrogen-bond donors (Lipinski definition) is 1. The van der Waals surface area contributed by atoms with Gasteiger partial charge in [-0.3, -0.25) is 4.99 Å². The first kappa shape index (κ1) is 15.3. The van der Waals surface area contributed by atoms with Crippen molar-refractivity contribution in [3.05, 3.63) is 22.8 Å². The Morgan fingerprint density at radius 3 is 2.72 bits per heavy atom. The van der Waals surface area contributed by atoms with Crippen LogP contribution in [0.2, 0.25) is 0 Å². The predicted molar refractivity (Wildman–Crippen MR) is 82.9 cm³/mol. The summed E-state index contributed by atoms with van der Waals surface area (Å²) in [5.41, 5.74) is 7.07. The Hall–Kier alpha value is -0.770. The molecule has 1 aliphatic rings. The molecule has 1 saturated carbocycles. The van der Waals surface area contributed by atoms with E-state index in [4.69, 9.17) is 5.73 Å². The van der Waals surface area contributed by atoms with Gasteiger partial charge in [-0.15, -0.1) is 0 Å². The van der Waals surface area contributed by atoms with Crippen molar-refractivity contribution >= 4 is 21.8 Å². The van der Waals surface area contributed by atoms with E-state index in [1.54, 1.807) is 0 Å². The maximum atomic E-state index is 5.79. The molecule has 0 aromatic carbocycles. The predicted octanol–water partition coefficient (Wildman–Crippen LogP) is 3.28. The summed E-state index contributed by atoms with van der Waals surface area (Å²) in [5, 5.41) is 0. The second-order valence-corrected chi connectivity index (χ2v) is 5.65. The standard InChI is InChI=1S/C14H24BrN3/c1-4-13(15)14(16)17-9-6-10-18(3)11(2)12-7-5-8-12/h4,12H,2,5-10H2,1,3H3,(H2,16,17)/b13-4+. The molecule has 0 bridgehead atoms. The largest absolute Gasteiger partial charge is 0.383 e. The fourth-order valence-electron chi connectivity index (χ4n) is 1.93. The summed E-state index contributed by atoms with van der Waals surface area (Å²) in [7, 11) is 2.12.